The summed E-state index contributed by atoms with van der Waals surface area (Å²) in [5.41, 5.74) is 2.80. The zero-order chi connectivity index (χ0) is 28.3. The van der Waals surface area contributed by atoms with Crippen LogP contribution < -0.4 is 15.8 Å². The van der Waals surface area contributed by atoms with Gasteiger partial charge in [-0.15, -0.1) is 22.7 Å². The highest BCUT2D eigenvalue weighted by molar-refractivity contribution is 7.16. The van der Waals surface area contributed by atoms with E-state index in [1.54, 1.807) is 17.8 Å². The lowest BCUT2D eigenvalue weighted by Gasteiger charge is -2.30. The summed E-state index contributed by atoms with van der Waals surface area (Å²) < 4.78 is 13.9. The van der Waals surface area contributed by atoms with Crippen LogP contribution in [0.4, 0.5) is 11.5 Å². The van der Waals surface area contributed by atoms with Crippen molar-refractivity contribution in [2.75, 3.05) is 36.5 Å². The molecule has 0 bridgehead atoms. The first kappa shape index (κ1) is 27.1. The lowest BCUT2D eigenvalue weighted by atomic mass is 10.1. The van der Waals surface area contributed by atoms with Gasteiger partial charge in [0.15, 0.2) is 12.2 Å². The minimum atomic E-state index is -0.407. The molecule has 1 N–H and O–H groups in total. The summed E-state index contributed by atoms with van der Waals surface area (Å²) in [5.74, 6) is -0.230. The Morgan fingerprint density at radius 2 is 1.98 bits per heavy atom. The van der Waals surface area contributed by atoms with Gasteiger partial charge >= 0.3 is 0 Å². The van der Waals surface area contributed by atoms with Crippen LogP contribution in [-0.2, 0) is 17.8 Å². The number of carbonyl (C=O) groups excluding carboxylic acids is 2. The summed E-state index contributed by atoms with van der Waals surface area (Å²) in [7, 11) is 0. The number of nitrogens with one attached hydrogen (secondary N) is 1. The highest BCUT2D eigenvalue weighted by Crippen LogP contribution is 2.32. The van der Waals surface area contributed by atoms with Crippen molar-refractivity contribution in [2.45, 2.75) is 13.1 Å². The van der Waals surface area contributed by atoms with E-state index in [2.05, 4.69) is 25.3 Å². The highest BCUT2D eigenvalue weighted by atomic mass is 35.5. The van der Waals surface area contributed by atoms with Crippen LogP contribution in [-0.4, -0.2) is 62.3 Å². The number of pyridine rings is 1. The number of thiazole rings is 1. The lowest BCUT2D eigenvalue weighted by Crippen LogP contribution is -2.37. The molecule has 0 aromatic carbocycles. The quantitative estimate of drug-likeness (QED) is 0.244. The van der Waals surface area contributed by atoms with E-state index in [-0.39, 0.29) is 24.0 Å². The predicted molar refractivity (Wildman–Crippen MR) is 154 cm³/mol. The Hall–Kier alpha value is -4.11. The molecule has 41 heavy (non-hydrogen) atoms. The standard InChI is InChI=1S/C26H22ClN7O5S2/c27-23-2-1-16(41-23)9-30-24-8-18(31-34(24)26(37)22-11-29-15-40-22)17-7-25(36)33(13-20(35)21-10-28-14-39-21)12-19(17)32-3-5-38-6-4-32/h1-2,7-8,10-12,14-15,30H,3-6,9,13H2. The van der Waals surface area contributed by atoms with Gasteiger partial charge in [-0.2, -0.15) is 9.78 Å². The average Bonchev–Trinajstić information content (AvgIpc) is 3.80. The number of thiophene rings is 1. The number of oxazole rings is 1. The molecule has 12 nitrogen and oxygen atoms in total. The molecule has 210 valence electrons. The van der Waals surface area contributed by atoms with Crippen molar-refractivity contribution >= 4 is 57.5 Å². The first-order valence-corrected chi connectivity index (χ1v) is 14.5. The van der Waals surface area contributed by atoms with E-state index >= 15 is 0 Å². The minimum Gasteiger partial charge on any atom is -0.440 e. The van der Waals surface area contributed by atoms with Gasteiger partial charge in [0, 0.05) is 41.9 Å². The van der Waals surface area contributed by atoms with Gasteiger partial charge in [-0.05, 0) is 12.1 Å². The third-order valence-electron chi connectivity index (χ3n) is 6.37. The van der Waals surface area contributed by atoms with Crippen LogP contribution >= 0.6 is 34.3 Å². The largest absolute Gasteiger partial charge is 0.440 e. The van der Waals surface area contributed by atoms with E-state index in [0.29, 0.717) is 64.8 Å². The van der Waals surface area contributed by atoms with Crippen LogP contribution in [0.3, 0.4) is 0 Å². The van der Waals surface area contributed by atoms with Gasteiger partial charge in [-0.1, -0.05) is 11.6 Å². The predicted octanol–water partition coefficient (Wildman–Crippen LogP) is 3.89. The molecule has 0 saturated carbocycles. The Morgan fingerprint density at radius 3 is 2.68 bits per heavy atom. The molecule has 0 amide bonds. The molecule has 1 fully saturated rings. The fourth-order valence-electron chi connectivity index (χ4n) is 4.38. The maximum atomic E-state index is 13.4. The number of carbonyl (C=O) groups is 2. The Bertz CT molecular complexity index is 1740. The van der Waals surface area contributed by atoms with Crippen molar-refractivity contribution in [3.05, 3.63) is 85.0 Å². The van der Waals surface area contributed by atoms with E-state index in [9.17, 15) is 14.4 Å². The van der Waals surface area contributed by atoms with Crippen LogP contribution in [0, 0.1) is 0 Å². The van der Waals surface area contributed by atoms with Crippen molar-refractivity contribution in [1.29, 1.82) is 0 Å². The number of morpholine rings is 1. The lowest BCUT2D eigenvalue weighted by molar-refractivity contribution is 0.0939. The summed E-state index contributed by atoms with van der Waals surface area (Å²) in [6.45, 7) is 2.35. The number of anilines is 2. The van der Waals surface area contributed by atoms with Gasteiger partial charge in [0.05, 0.1) is 59.9 Å². The summed E-state index contributed by atoms with van der Waals surface area (Å²) in [6.07, 6.45) is 5.61. The van der Waals surface area contributed by atoms with Crippen molar-refractivity contribution in [1.82, 2.24) is 24.3 Å². The van der Waals surface area contributed by atoms with Crippen LogP contribution in [0.15, 0.2) is 64.0 Å². The molecule has 0 radical (unpaired) electrons. The third kappa shape index (κ3) is 5.86. The maximum absolute atomic E-state index is 13.4. The number of nitrogens with zero attached hydrogens (tertiary/aromatic N) is 6. The number of hydrogen-bond acceptors (Lipinski definition) is 12. The number of ether oxygens (including phenoxy) is 1. The van der Waals surface area contributed by atoms with Crippen molar-refractivity contribution < 1.29 is 18.7 Å². The van der Waals surface area contributed by atoms with Crippen LogP contribution in [0.5, 0.6) is 0 Å². The molecule has 0 spiro atoms. The topological polar surface area (TPSA) is 137 Å². The molecule has 1 saturated heterocycles. The fraction of sp³-hybridized carbons (Fsp3) is 0.231. The molecule has 5 aromatic heterocycles. The van der Waals surface area contributed by atoms with Gasteiger partial charge < -0.3 is 23.9 Å². The second kappa shape index (κ2) is 11.8. The summed E-state index contributed by atoms with van der Waals surface area (Å²) >= 11 is 8.73. The third-order valence-corrected chi connectivity index (χ3v) is 8.36. The zero-order valence-corrected chi connectivity index (χ0v) is 23.7. The summed E-state index contributed by atoms with van der Waals surface area (Å²) in [5, 5.41) is 7.93. The Kier molecular flexibility index (Phi) is 7.78. The average molecular weight is 612 g/mol. The fourth-order valence-corrected chi connectivity index (χ4v) is 5.95. The first-order valence-electron chi connectivity index (χ1n) is 12.5. The maximum Gasteiger partial charge on any atom is 0.291 e. The highest BCUT2D eigenvalue weighted by Gasteiger charge is 2.24. The molecule has 6 heterocycles. The van der Waals surface area contributed by atoms with Crippen LogP contribution in [0.2, 0.25) is 4.34 Å². The Labute approximate surface area is 245 Å². The molecular weight excluding hydrogens is 590 g/mol. The van der Waals surface area contributed by atoms with Crippen molar-refractivity contribution in [3.8, 4) is 11.3 Å². The van der Waals surface area contributed by atoms with Gasteiger partial charge in [0.1, 0.15) is 10.7 Å². The number of aromatic nitrogens is 5. The molecule has 1 aliphatic heterocycles. The van der Waals surface area contributed by atoms with E-state index in [1.165, 1.54) is 56.8 Å². The number of rotatable bonds is 9. The second-order valence-electron chi connectivity index (χ2n) is 8.98. The van der Waals surface area contributed by atoms with Gasteiger partial charge in [-0.25, -0.2) is 4.98 Å². The molecule has 0 unspecified atom stereocenters. The number of halogens is 1. The monoisotopic (exact) mass is 611 g/mol. The van der Waals surface area contributed by atoms with Gasteiger partial charge in [0.2, 0.25) is 5.78 Å². The molecule has 0 atom stereocenters. The molecule has 0 aliphatic carbocycles. The smallest absolute Gasteiger partial charge is 0.291 e. The minimum absolute atomic E-state index is 0.0666. The molecule has 5 aromatic rings. The first-order chi connectivity index (χ1) is 20.0. The van der Waals surface area contributed by atoms with E-state index < -0.39 is 5.56 Å². The second-order valence-corrected chi connectivity index (χ2v) is 11.7. The van der Waals surface area contributed by atoms with Gasteiger partial charge in [0.25, 0.3) is 11.5 Å². The van der Waals surface area contributed by atoms with E-state index in [4.69, 9.17) is 20.8 Å². The SMILES string of the molecule is O=C(Cn1cc(N2CCOCC2)c(-c2cc(NCc3ccc(Cl)s3)n(C(=O)c3cncs3)n2)cc1=O)c1cnco1. The Balaban J connectivity index is 1.41. The van der Waals surface area contributed by atoms with Crippen LogP contribution in [0.25, 0.3) is 11.3 Å². The summed E-state index contributed by atoms with van der Waals surface area (Å²) in [6, 6.07) is 6.89. The van der Waals surface area contributed by atoms with Crippen LogP contribution in [0.1, 0.15) is 25.1 Å². The number of ketones is 1. The summed E-state index contributed by atoms with van der Waals surface area (Å²) in [4.78, 5) is 50.6. The Morgan fingerprint density at radius 1 is 1.12 bits per heavy atom. The van der Waals surface area contributed by atoms with E-state index in [0.717, 1.165) is 4.88 Å². The molecular formula is C26H22ClN7O5S2. The normalized spacial score (nSPS) is 13.4. The zero-order valence-electron chi connectivity index (χ0n) is 21.4. The molecule has 6 rings (SSSR count). The van der Waals surface area contributed by atoms with Crippen molar-refractivity contribution in [2.24, 2.45) is 0 Å². The molecule has 1 aliphatic rings. The molecule has 15 heteroatoms. The van der Waals surface area contributed by atoms with E-state index in [1.807, 2.05) is 12.1 Å². The number of hydrogen-bond donors (Lipinski definition) is 1. The number of Topliss-reactive ketones (excluding diaryl/α,β-unsaturated/α-hetero) is 1. The van der Waals surface area contributed by atoms with Crippen molar-refractivity contribution in [3.63, 3.8) is 0 Å². The van der Waals surface area contributed by atoms with Gasteiger partial charge in [-0.3, -0.25) is 19.4 Å².